The van der Waals surface area contributed by atoms with Crippen LogP contribution in [0.3, 0.4) is 0 Å². The zero-order chi connectivity index (χ0) is 13.1. The topological polar surface area (TPSA) is 63.6 Å². The molecule has 5 heteroatoms. The molecule has 0 radical (unpaired) electrons. The number of hydrogen-bond acceptors (Lipinski definition) is 3. The maximum atomic E-state index is 10.2. The van der Waals surface area contributed by atoms with Crippen molar-refractivity contribution >= 4 is 10.4 Å². The van der Waals surface area contributed by atoms with E-state index in [4.69, 9.17) is 4.55 Å². The minimum absolute atomic E-state index is 0.0875. The smallest absolute Gasteiger partial charge is 0.264 e. The first kappa shape index (κ1) is 16.9. The standard InChI is InChI=1S/C12H26O4S/c1-3-4-9-12(2)10-7-5-6-8-11-16-17(13,14)15/h12H,3-11H2,1-2H3,(H,13,14,15). The molecule has 0 fully saturated rings. The van der Waals surface area contributed by atoms with Gasteiger partial charge in [-0.3, -0.25) is 4.55 Å². The van der Waals surface area contributed by atoms with Crippen molar-refractivity contribution in [2.45, 2.75) is 65.2 Å². The van der Waals surface area contributed by atoms with E-state index in [-0.39, 0.29) is 6.61 Å². The molecule has 17 heavy (non-hydrogen) atoms. The summed E-state index contributed by atoms with van der Waals surface area (Å²) in [5.74, 6) is 0.795. The van der Waals surface area contributed by atoms with E-state index in [0.717, 1.165) is 18.8 Å². The lowest BCUT2D eigenvalue weighted by Gasteiger charge is -2.09. The first-order valence-electron chi connectivity index (χ1n) is 6.57. The lowest BCUT2D eigenvalue weighted by molar-refractivity contribution is 0.261. The summed E-state index contributed by atoms with van der Waals surface area (Å²) in [5, 5.41) is 0. The Kier molecular flexibility index (Phi) is 9.78. The summed E-state index contributed by atoms with van der Waals surface area (Å²) in [5.41, 5.74) is 0. The Morgan fingerprint density at radius 3 is 2.24 bits per heavy atom. The van der Waals surface area contributed by atoms with Crippen molar-refractivity contribution in [3.05, 3.63) is 0 Å². The highest BCUT2D eigenvalue weighted by Gasteiger charge is 2.03. The predicted octanol–water partition coefficient (Wildman–Crippen LogP) is 3.58. The van der Waals surface area contributed by atoms with E-state index in [1.807, 2.05) is 0 Å². The van der Waals surface area contributed by atoms with Gasteiger partial charge in [0.25, 0.3) is 0 Å². The first-order chi connectivity index (χ1) is 7.95. The van der Waals surface area contributed by atoms with Crippen LogP contribution in [-0.2, 0) is 14.6 Å². The van der Waals surface area contributed by atoms with Crippen molar-refractivity contribution in [2.75, 3.05) is 6.61 Å². The molecule has 0 amide bonds. The molecule has 1 unspecified atom stereocenters. The van der Waals surface area contributed by atoms with E-state index in [1.54, 1.807) is 0 Å². The van der Waals surface area contributed by atoms with Crippen LogP contribution in [0, 0.1) is 5.92 Å². The van der Waals surface area contributed by atoms with Gasteiger partial charge < -0.3 is 0 Å². The van der Waals surface area contributed by atoms with E-state index in [2.05, 4.69) is 18.0 Å². The summed E-state index contributed by atoms with van der Waals surface area (Å²) >= 11 is 0. The summed E-state index contributed by atoms with van der Waals surface area (Å²) < 4.78 is 33.0. The summed E-state index contributed by atoms with van der Waals surface area (Å²) in [6.07, 6.45) is 9.06. The number of unbranched alkanes of at least 4 members (excludes halogenated alkanes) is 4. The number of hydrogen-bond donors (Lipinski definition) is 1. The van der Waals surface area contributed by atoms with Crippen LogP contribution in [0.15, 0.2) is 0 Å². The van der Waals surface area contributed by atoms with Crippen molar-refractivity contribution in [1.29, 1.82) is 0 Å². The second kappa shape index (κ2) is 9.85. The lowest BCUT2D eigenvalue weighted by Crippen LogP contribution is -2.04. The molecule has 0 heterocycles. The van der Waals surface area contributed by atoms with E-state index in [1.165, 1.54) is 32.1 Å². The lowest BCUT2D eigenvalue weighted by atomic mass is 9.97. The second-order valence-corrected chi connectivity index (χ2v) is 5.79. The molecule has 0 saturated carbocycles. The third-order valence-corrected chi connectivity index (χ3v) is 3.34. The van der Waals surface area contributed by atoms with Gasteiger partial charge in [0, 0.05) is 0 Å². The molecule has 0 aliphatic heterocycles. The Hall–Kier alpha value is -0.130. The molecule has 0 aromatic rings. The van der Waals surface area contributed by atoms with Gasteiger partial charge in [-0.2, -0.15) is 8.42 Å². The third-order valence-electron chi connectivity index (χ3n) is 2.87. The molecule has 4 nitrogen and oxygen atoms in total. The molecular weight excluding hydrogens is 240 g/mol. The van der Waals surface area contributed by atoms with E-state index in [9.17, 15) is 8.42 Å². The summed E-state index contributed by atoms with van der Waals surface area (Å²) in [6.45, 7) is 4.59. The van der Waals surface area contributed by atoms with Crippen LogP contribution in [0.5, 0.6) is 0 Å². The summed E-state index contributed by atoms with van der Waals surface area (Å²) in [4.78, 5) is 0. The Labute approximate surface area is 106 Å². The molecule has 104 valence electrons. The van der Waals surface area contributed by atoms with Gasteiger partial charge in [0.05, 0.1) is 6.61 Å². The quantitative estimate of drug-likeness (QED) is 0.458. The molecule has 0 aliphatic carbocycles. The van der Waals surface area contributed by atoms with Gasteiger partial charge in [-0.05, 0) is 12.3 Å². The normalized spacial score (nSPS) is 13.8. The minimum Gasteiger partial charge on any atom is -0.264 e. The molecule has 0 saturated heterocycles. The Morgan fingerprint density at radius 2 is 1.65 bits per heavy atom. The van der Waals surface area contributed by atoms with Gasteiger partial charge in [0.15, 0.2) is 0 Å². The van der Waals surface area contributed by atoms with Crippen LogP contribution in [0.25, 0.3) is 0 Å². The van der Waals surface area contributed by atoms with Crippen LogP contribution in [0.2, 0.25) is 0 Å². The average Bonchev–Trinajstić information content (AvgIpc) is 2.23. The molecule has 0 aromatic heterocycles. The SMILES string of the molecule is CCCCC(C)CCCCCCOS(=O)(=O)O. The Morgan fingerprint density at radius 1 is 1.06 bits per heavy atom. The monoisotopic (exact) mass is 266 g/mol. The number of rotatable bonds is 11. The van der Waals surface area contributed by atoms with E-state index in [0.29, 0.717) is 6.42 Å². The van der Waals surface area contributed by atoms with E-state index < -0.39 is 10.4 Å². The second-order valence-electron chi connectivity index (χ2n) is 4.70. The van der Waals surface area contributed by atoms with Crippen molar-refractivity contribution in [2.24, 2.45) is 5.92 Å². The van der Waals surface area contributed by atoms with Gasteiger partial charge in [0.2, 0.25) is 0 Å². The molecule has 0 spiro atoms. The largest absolute Gasteiger partial charge is 0.397 e. The highest BCUT2D eigenvalue weighted by Crippen LogP contribution is 2.16. The van der Waals surface area contributed by atoms with Gasteiger partial charge in [0.1, 0.15) is 0 Å². The fourth-order valence-electron chi connectivity index (χ4n) is 1.81. The Bertz CT molecular complexity index is 262. The fourth-order valence-corrected chi connectivity index (χ4v) is 2.14. The van der Waals surface area contributed by atoms with E-state index >= 15 is 0 Å². The highest BCUT2D eigenvalue weighted by molar-refractivity contribution is 7.80. The van der Waals surface area contributed by atoms with Crippen LogP contribution < -0.4 is 0 Å². The van der Waals surface area contributed by atoms with Crippen molar-refractivity contribution < 1.29 is 17.2 Å². The molecule has 0 rings (SSSR count). The summed E-state index contributed by atoms with van der Waals surface area (Å²) in [7, 11) is -4.24. The van der Waals surface area contributed by atoms with Gasteiger partial charge in [-0.1, -0.05) is 58.8 Å². The molecule has 1 atom stereocenters. The van der Waals surface area contributed by atoms with Gasteiger partial charge >= 0.3 is 10.4 Å². The van der Waals surface area contributed by atoms with Crippen molar-refractivity contribution in [3.8, 4) is 0 Å². The third kappa shape index (κ3) is 13.8. The van der Waals surface area contributed by atoms with Crippen molar-refractivity contribution in [3.63, 3.8) is 0 Å². The fraction of sp³-hybridized carbons (Fsp3) is 1.00. The maximum Gasteiger partial charge on any atom is 0.397 e. The predicted molar refractivity (Wildman–Crippen MR) is 69.3 cm³/mol. The first-order valence-corrected chi connectivity index (χ1v) is 7.94. The molecule has 0 aromatic carbocycles. The molecule has 1 N–H and O–H groups in total. The van der Waals surface area contributed by atoms with Gasteiger partial charge in [-0.15, -0.1) is 0 Å². The zero-order valence-corrected chi connectivity index (χ0v) is 11.8. The Balaban J connectivity index is 3.23. The highest BCUT2D eigenvalue weighted by atomic mass is 32.3. The zero-order valence-electron chi connectivity index (χ0n) is 11.0. The average molecular weight is 266 g/mol. The van der Waals surface area contributed by atoms with Crippen LogP contribution in [0.4, 0.5) is 0 Å². The summed E-state index contributed by atoms with van der Waals surface area (Å²) in [6, 6.07) is 0. The van der Waals surface area contributed by atoms with Crippen LogP contribution in [0.1, 0.15) is 65.2 Å². The van der Waals surface area contributed by atoms with Crippen LogP contribution >= 0.6 is 0 Å². The maximum absolute atomic E-state index is 10.2. The van der Waals surface area contributed by atoms with Crippen molar-refractivity contribution in [1.82, 2.24) is 0 Å². The molecule has 0 aliphatic rings. The van der Waals surface area contributed by atoms with Crippen LogP contribution in [-0.4, -0.2) is 19.6 Å². The molecular formula is C12H26O4S. The molecule has 0 bridgehead atoms. The van der Waals surface area contributed by atoms with Gasteiger partial charge in [-0.25, -0.2) is 4.18 Å². The minimum atomic E-state index is -4.24.